The summed E-state index contributed by atoms with van der Waals surface area (Å²) in [5.41, 5.74) is 3.84. The van der Waals surface area contributed by atoms with Crippen molar-refractivity contribution in [3.05, 3.63) is 53.1 Å². The summed E-state index contributed by atoms with van der Waals surface area (Å²) < 4.78 is 17.1. The van der Waals surface area contributed by atoms with E-state index in [0.717, 1.165) is 56.1 Å². The van der Waals surface area contributed by atoms with Crippen molar-refractivity contribution in [3.8, 4) is 17.2 Å². The summed E-state index contributed by atoms with van der Waals surface area (Å²) in [5.74, 6) is 2.79. The van der Waals surface area contributed by atoms with Crippen LogP contribution in [0.1, 0.15) is 55.7 Å². The van der Waals surface area contributed by atoms with Crippen LogP contribution in [0.5, 0.6) is 17.2 Å². The summed E-state index contributed by atoms with van der Waals surface area (Å²) in [7, 11) is 3.36. The maximum atomic E-state index is 12.4. The monoisotopic (exact) mass is 466 g/mol. The van der Waals surface area contributed by atoms with Crippen LogP contribution in [0.4, 0.5) is 0 Å². The van der Waals surface area contributed by atoms with E-state index in [0.29, 0.717) is 6.54 Å². The van der Waals surface area contributed by atoms with Crippen molar-refractivity contribution in [1.29, 1.82) is 0 Å². The molecule has 6 nitrogen and oxygen atoms in total. The number of hydrogen-bond donors (Lipinski definition) is 1. The summed E-state index contributed by atoms with van der Waals surface area (Å²) in [6.07, 6.45) is 6.54. The van der Waals surface area contributed by atoms with Gasteiger partial charge in [0.05, 0.1) is 20.8 Å². The Morgan fingerprint density at radius 2 is 1.79 bits per heavy atom. The Labute approximate surface area is 203 Å². The highest BCUT2D eigenvalue weighted by Gasteiger charge is 2.22. The number of carbonyl (C=O) groups excluding carboxylic acids is 1. The molecule has 184 valence electrons. The molecule has 0 radical (unpaired) electrons. The Bertz CT molecular complexity index is 971. The molecular weight excluding hydrogens is 428 g/mol. The molecule has 4 rings (SSSR count). The van der Waals surface area contributed by atoms with E-state index in [4.69, 9.17) is 14.2 Å². The fourth-order valence-corrected chi connectivity index (χ4v) is 5.08. The predicted molar refractivity (Wildman–Crippen MR) is 133 cm³/mol. The molecule has 1 heterocycles. The lowest BCUT2D eigenvalue weighted by molar-refractivity contribution is -0.126. The minimum Gasteiger partial charge on any atom is -0.493 e. The molecule has 0 spiro atoms. The zero-order valence-electron chi connectivity index (χ0n) is 20.8. The van der Waals surface area contributed by atoms with Crippen molar-refractivity contribution in [2.24, 2.45) is 5.92 Å². The predicted octanol–water partition coefficient (Wildman–Crippen LogP) is 4.73. The lowest BCUT2D eigenvalue weighted by atomic mass is 9.89. The average molecular weight is 467 g/mol. The van der Waals surface area contributed by atoms with Gasteiger partial charge in [-0.1, -0.05) is 31.4 Å². The SMILES string of the molecule is COc1cc2c(cc1OC)CN(Cc1cccc(O[C@H](C)CNC(=O)C3CCCCC3)c1)CC2. The van der Waals surface area contributed by atoms with Gasteiger partial charge in [0.15, 0.2) is 11.5 Å². The Balaban J connectivity index is 1.30. The molecule has 2 aromatic carbocycles. The molecule has 1 amide bonds. The molecule has 2 aromatic rings. The molecule has 1 aliphatic heterocycles. The van der Waals surface area contributed by atoms with E-state index < -0.39 is 0 Å². The third kappa shape index (κ3) is 6.23. The maximum Gasteiger partial charge on any atom is 0.223 e. The summed E-state index contributed by atoms with van der Waals surface area (Å²) in [5, 5.41) is 3.09. The van der Waals surface area contributed by atoms with Gasteiger partial charge in [-0.25, -0.2) is 0 Å². The molecule has 1 saturated carbocycles. The van der Waals surface area contributed by atoms with Gasteiger partial charge in [-0.3, -0.25) is 9.69 Å². The Kier molecular flexibility index (Phi) is 8.33. The molecule has 2 aliphatic rings. The molecule has 1 atom stereocenters. The molecule has 6 heteroatoms. The fourth-order valence-electron chi connectivity index (χ4n) is 5.08. The first-order valence-electron chi connectivity index (χ1n) is 12.5. The van der Waals surface area contributed by atoms with Crippen molar-refractivity contribution >= 4 is 5.91 Å². The van der Waals surface area contributed by atoms with Crippen LogP contribution in [0.2, 0.25) is 0 Å². The van der Waals surface area contributed by atoms with Gasteiger partial charge in [-0.05, 0) is 67.1 Å². The van der Waals surface area contributed by atoms with Crippen LogP contribution >= 0.6 is 0 Å². The van der Waals surface area contributed by atoms with Gasteiger partial charge in [0, 0.05) is 25.6 Å². The number of nitrogens with one attached hydrogen (secondary N) is 1. The molecule has 1 aliphatic carbocycles. The van der Waals surface area contributed by atoms with Gasteiger partial charge in [-0.15, -0.1) is 0 Å². The van der Waals surface area contributed by atoms with Gasteiger partial charge in [0.2, 0.25) is 5.91 Å². The van der Waals surface area contributed by atoms with Crippen molar-refractivity contribution in [1.82, 2.24) is 10.2 Å². The van der Waals surface area contributed by atoms with E-state index in [1.54, 1.807) is 14.2 Å². The quantitative estimate of drug-likeness (QED) is 0.579. The third-order valence-electron chi connectivity index (χ3n) is 6.98. The normalized spacial score (nSPS) is 17.5. The third-order valence-corrected chi connectivity index (χ3v) is 6.98. The van der Waals surface area contributed by atoms with E-state index in [9.17, 15) is 4.79 Å². The summed E-state index contributed by atoms with van der Waals surface area (Å²) in [6, 6.07) is 12.5. The highest BCUT2D eigenvalue weighted by atomic mass is 16.5. The maximum absolute atomic E-state index is 12.4. The molecule has 0 unspecified atom stereocenters. The second kappa shape index (κ2) is 11.6. The van der Waals surface area contributed by atoms with Gasteiger partial charge in [0.1, 0.15) is 11.9 Å². The van der Waals surface area contributed by atoms with Gasteiger partial charge in [-0.2, -0.15) is 0 Å². The molecule has 1 N–H and O–H groups in total. The number of nitrogens with zero attached hydrogens (tertiary/aromatic N) is 1. The van der Waals surface area contributed by atoms with Gasteiger partial charge < -0.3 is 19.5 Å². The van der Waals surface area contributed by atoms with Crippen LogP contribution in [0.25, 0.3) is 0 Å². The number of methoxy groups -OCH3 is 2. The molecule has 34 heavy (non-hydrogen) atoms. The minimum atomic E-state index is -0.0768. The molecule has 0 bridgehead atoms. The number of rotatable bonds is 9. The number of carbonyl (C=O) groups is 1. The van der Waals surface area contributed by atoms with Gasteiger partial charge >= 0.3 is 0 Å². The zero-order chi connectivity index (χ0) is 23.9. The topological polar surface area (TPSA) is 60.0 Å². The first-order valence-corrected chi connectivity index (χ1v) is 12.5. The van der Waals surface area contributed by atoms with Crippen LogP contribution < -0.4 is 19.5 Å². The van der Waals surface area contributed by atoms with Crippen molar-refractivity contribution in [2.45, 2.75) is 64.6 Å². The number of hydrogen-bond acceptors (Lipinski definition) is 5. The smallest absolute Gasteiger partial charge is 0.223 e. The Morgan fingerprint density at radius 3 is 2.53 bits per heavy atom. The average Bonchev–Trinajstić information content (AvgIpc) is 2.87. The van der Waals surface area contributed by atoms with Crippen LogP contribution in [-0.2, 0) is 24.3 Å². The summed E-state index contributed by atoms with van der Waals surface area (Å²) in [4.78, 5) is 14.9. The standard InChI is InChI=1S/C28H38N2O4/c1-20(17-29-28(31)22-9-5-4-6-10-22)34-25-11-7-8-21(14-25)18-30-13-12-23-15-26(32-2)27(33-3)16-24(23)19-30/h7-8,11,14-16,20,22H,4-6,9-10,12-13,17-19H2,1-3H3,(H,29,31)/t20-/m1/s1. The number of fused-ring (bicyclic) bond motifs is 1. The van der Waals surface area contributed by atoms with Crippen molar-refractivity contribution in [2.75, 3.05) is 27.3 Å². The number of amides is 1. The minimum absolute atomic E-state index is 0.0768. The Morgan fingerprint density at radius 1 is 1.06 bits per heavy atom. The van der Waals surface area contributed by atoms with Crippen LogP contribution in [-0.4, -0.2) is 44.2 Å². The molecule has 1 fully saturated rings. The largest absolute Gasteiger partial charge is 0.493 e. The Hall–Kier alpha value is -2.73. The van der Waals surface area contributed by atoms with Crippen molar-refractivity contribution in [3.63, 3.8) is 0 Å². The van der Waals surface area contributed by atoms with Gasteiger partial charge in [0.25, 0.3) is 0 Å². The van der Waals surface area contributed by atoms with E-state index in [-0.39, 0.29) is 17.9 Å². The van der Waals surface area contributed by atoms with E-state index in [2.05, 4.69) is 34.5 Å². The van der Waals surface area contributed by atoms with Crippen LogP contribution in [0, 0.1) is 5.92 Å². The second-order valence-corrected chi connectivity index (χ2v) is 9.59. The highest BCUT2D eigenvalue weighted by Crippen LogP contribution is 2.33. The van der Waals surface area contributed by atoms with Crippen LogP contribution in [0.3, 0.4) is 0 Å². The molecule has 0 aromatic heterocycles. The number of ether oxygens (including phenoxy) is 3. The lowest BCUT2D eigenvalue weighted by Crippen LogP contribution is -2.38. The summed E-state index contributed by atoms with van der Waals surface area (Å²) in [6.45, 7) is 5.28. The fraction of sp³-hybridized carbons (Fsp3) is 0.536. The molecule has 0 saturated heterocycles. The first-order chi connectivity index (χ1) is 16.6. The van der Waals surface area contributed by atoms with E-state index >= 15 is 0 Å². The molecular formula is C28H38N2O4. The highest BCUT2D eigenvalue weighted by molar-refractivity contribution is 5.78. The van der Waals surface area contributed by atoms with E-state index in [1.807, 2.05) is 19.1 Å². The zero-order valence-corrected chi connectivity index (χ0v) is 20.8. The van der Waals surface area contributed by atoms with Crippen molar-refractivity contribution < 1.29 is 19.0 Å². The second-order valence-electron chi connectivity index (χ2n) is 9.59. The summed E-state index contributed by atoms with van der Waals surface area (Å²) >= 11 is 0. The number of benzene rings is 2. The van der Waals surface area contributed by atoms with Crippen LogP contribution in [0.15, 0.2) is 36.4 Å². The van der Waals surface area contributed by atoms with E-state index in [1.165, 1.54) is 36.0 Å². The first kappa shape index (κ1) is 24.4. The lowest BCUT2D eigenvalue weighted by Gasteiger charge is -2.29.